The molecule has 0 atom stereocenters. The van der Waals surface area contributed by atoms with Crippen LogP contribution in [0.1, 0.15) is 36.5 Å². The van der Waals surface area contributed by atoms with Crippen molar-refractivity contribution >= 4 is 16.0 Å². The van der Waals surface area contributed by atoms with Gasteiger partial charge in [0.2, 0.25) is 10.0 Å². The van der Waals surface area contributed by atoms with Crippen molar-refractivity contribution < 1.29 is 17.9 Å². The number of ether oxygens (including phenoxy) is 1. The molecule has 1 aromatic heterocycles. The zero-order valence-corrected chi connectivity index (χ0v) is 14.3. The highest BCUT2D eigenvalue weighted by molar-refractivity contribution is 7.89. The third-order valence-corrected chi connectivity index (χ3v) is 4.63. The molecule has 1 N–H and O–H groups in total. The van der Waals surface area contributed by atoms with Crippen molar-refractivity contribution in [2.75, 3.05) is 6.54 Å². The van der Waals surface area contributed by atoms with Gasteiger partial charge >= 0.3 is 5.97 Å². The first-order chi connectivity index (χ1) is 11.5. The number of carbonyl (C=O) groups is 1. The Kier molecular flexibility index (Phi) is 5.99. The molecule has 2 aromatic rings. The molecule has 0 aliphatic heterocycles. The summed E-state index contributed by atoms with van der Waals surface area (Å²) < 4.78 is 33.0. The molecule has 0 radical (unpaired) electrons. The average molecular weight is 353 g/mol. The molecule has 1 aromatic carbocycles. The van der Waals surface area contributed by atoms with Gasteiger partial charge in [-0.15, -0.1) is 5.10 Å². The maximum atomic E-state index is 12.1. The smallest absolute Gasteiger partial charge is 0.338 e. The van der Waals surface area contributed by atoms with Crippen LogP contribution in [0.4, 0.5) is 0 Å². The van der Waals surface area contributed by atoms with Gasteiger partial charge in [0.05, 0.1) is 10.5 Å². The fraction of sp³-hybridized carbons (Fsp3) is 0.429. The van der Waals surface area contributed by atoms with E-state index in [-0.39, 0.29) is 23.6 Å². The van der Waals surface area contributed by atoms with Crippen molar-refractivity contribution in [3.63, 3.8) is 0 Å². The summed E-state index contributed by atoms with van der Waals surface area (Å²) >= 11 is 0. The third-order valence-electron chi connectivity index (χ3n) is 3.09. The largest absolute Gasteiger partial charge is 0.454 e. The molecular formula is C14H19N5O4S. The van der Waals surface area contributed by atoms with Crippen LogP contribution in [-0.2, 0) is 27.9 Å². The van der Waals surface area contributed by atoms with Gasteiger partial charge in [0.15, 0.2) is 12.4 Å². The molecule has 2 rings (SSSR count). The second-order valence-electron chi connectivity index (χ2n) is 4.92. The van der Waals surface area contributed by atoms with Gasteiger partial charge in [-0.25, -0.2) is 22.6 Å². The molecule has 130 valence electrons. The minimum absolute atomic E-state index is 0.00890. The highest BCUT2D eigenvalue weighted by atomic mass is 32.2. The second kappa shape index (κ2) is 7.97. The summed E-state index contributed by atoms with van der Waals surface area (Å²) in [6.45, 7) is 4.45. The van der Waals surface area contributed by atoms with E-state index in [1.807, 2.05) is 6.92 Å². The van der Waals surface area contributed by atoms with Gasteiger partial charge in [-0.1, -0.05) is 19.9 Å². The van der Waals surface area contributed by atoms with Gasteiger partial charge in [0, 0.05) is 13.1 Å². The second-order valence-corrected chi connectivity index (χ2v) is 6.69. The van der Waals surface area contributed by atoms with E-state index in [9.17, 15) is 13.2 Å². The van der Waals surface area contributed by atoms with Crippen molar-refractivity contribution in [2.24, 2.45) is 0 Å². The topological polar surface area (TPSA) is 116 Å². The summed E-state index contributed by atoms with van der Waals surface area (Å²) in [7, 11) is -3.63. The number of aryl methyl sites for hydroxylation is 1. The zero-order valence-electron chi connectivity index (χ0n) is 13.5. The maximum absolute atomic E-state index is 12.1. The summed E-state index contributed by atoms with van der Waals surface area (Å²) in [4.78, 5) is 12.1. The lowest BCUT2D eigenvalue weighted by atomic mass is 10.2. The fourth-order valence-corrected chi connectivity index (χ4v) is 3.08. The Morgan fingerprint density at radius 2 is 2.12 bits per heavy atom. The van der Waals surface area contributed by atoms with Gasteiger partial charge in [0.1, 0.15) is 0 Å². The maximum Gasteiger partial charge on any atom is 0.338 e. The Labute approximate surface area is 140 Å². The van der Waals surface area contributed by atoms with E-state index in [1.165, 1.54) is 24.3 Å². The first kappa shape index (κ1) is 18.0. The molecule has 10 heteroatoms. The molecule has 0 fully saturated rings. The first-order valence-corrected chi connectivity index (χ1v) is 8.98. The van der Waals surface area contributed by atoms with Crippen LogP contribution in [0.2, 0.25) is 0 Å². The normalized spacial score (nSPS) is 11.4. The number of hydrogen-bond donors (Lipinski definition) is 1. The van der Waals surface area contributed by atoms with Crippen LogP contribution >= 0.6 is 0 Å². The van der Waals surface area contributed by atoms with Crippen LogP contribution < -0.4 is 4.72 Å². The van der Waals surface area contributed by atoms with Crippen LogP contribution in [0.5, 0.6) is 0 Å². The summed E-state index contributed by atoms with van der Waals surface area (Å²) in [5.74, 6) is -0.212. The molecule has 0 amide bonds. The Morgan fingerprint density at radius 1 is 1.33 bits per heavy atom. The number of aromatic nitrogens is 4. The lowest BCUT2D eigenvalue weighted by Crippen LogP contribution is -2.23. The first-order valence-electron chi connectivity index (χ1n) is 7.49. The van der Waals surface area contributed by atoms with Gasteiger partial charge in [-0.3, -0.25) is 0 Å². The van der Waals surface area contributed by atoms with Crippen molar-refractivity contribution in [3.8, 4) is 0 Å². The summed E-state index contributed by atoms with van der Waals surface area (Å²) in [5.41, 5.74) is 0.142. The average Bonchev–Trinajstić information content (AvgIpc) is 3.00. The SMILES string of the molecule is CCCn1nnnc1COC(=O)c1cccc(S(=O)(=O)NCC)c1. The number of rotatable bonds is 8. The fourth-order valence-electron chi connectivity index (χ4n) is 1.99. The number of esters is 1. The Bertz CT molecular complexity index is 803. The van der Waals surface area contributed by atoms with Crippen molar-refractivity contribution in [2.45, 2.75) is 38.3 Å². The molecular weight excluding hydrogens is 334 g/mol. The quantitative estimate of drug-likeness (QED) is 0.696. The molecule has 24 heavy (non-hydrogen) atoms. The van der Waals surface area contributed by atoms with Crippen LogP contribution in [0, 0.1) is 0 Å². The van der Waals surface area contributed by atoms with E-state index in [4.69, 9.17) is 4.74 Å². The highest BCUT2D eigenvalue weighted by Gasteiger charge is 2.16. The molecule has 0 saturated carbocycles. The minimum Gasteiger partial charge on any atom is -0.454 e. The van der Waals surface area contributed by atoms with Gasteiger partial charge in [-0.05, 0) is 35.0 Å². The Balaban J connectivity index is 2.09. The molecule has 0 saturated heterocycles. The summed E-state index contributed by atoms with van der Waals surface area (Å²) in [6, 6.07) is 5.66. The lowest BCUT2D eigenvalue weighted by Gasteiger charge is -2.08. The van der Waals surface area contributed by atoms with E-state index >= 15 is 0 Å². The van der Waals surface area contributed by atoms with E-state index in [2.05, 4.69) is 20.2 Å². The van der Waals surface area contributed by atoms with Crippen molar-refractivity contribution in [1.29, 1.82) is 0 Å². The molecule has 0 spiro atoms. The molecule has 1 heterocycles. The van der Waals surface area contributed by atoms with E-state index in [1.54, 1.807) is 11.6 Å². The van der Waals surface area contributed by atoms with Crippen LogP contribution in [0.25, 0.3) is 0 Å². The molecule has 9 nitrogen and oxygen atoms in total. The molecule has 0 aliphatic rings. The molecule has 0 aliphatic carbocycles. The monoisotopic (exact) mass is 353 g/mol. The number of carbonyl (C=O) groups excluding carboxylic acids is 1. The third kappa shape index (κ3) is 4.36. The Hall–Kier alpha value is -2.33. The predicted octanol–water partition coefficient (Wildman–Crippen LogP) is 0.738. The molecule has 0 bridgehead atoms. The Morgan fingerprint density at radius 3 is 2.83 bits per heavy atom. The highest BCUT2D eigenvalue weighted by Crippen LogP contribution is 2.13. The summed E-state index contributed by atoms with van der Waals surface area (Å²) in [5, 5.41) is 11.1. The summed E-state index contributed by atoms with van der Waals surface area (Å²) in [6.07, 6.45) is 0.844. The van der Waals surface area contributed by atoms with Crippen molar-refractivity contribution in [1.82, 2.24) is 24.9 Å². The number of nitrogens with zero attached hydrogens (tertiary/aromatic N) is 4. The van der Waals surface area contributed by atoms with Gasteiger partial charge in [-0.2, -0.15) is 0 Å². The van der Waals surface area contributed by atoms with Gasteiger partial charge in [0.25, 0.3) is 0 Å². The minimum atomic E-state index is -3.63. The predicted molar refractivity (Wildman–Crippen MR) is 84.5 cm³/mol. The van der Waals surface area contributed by atoms with E-state index in [0.717, 1.165) is 6.42 Å². The van der Waals surface area contributed by atoms with Gasteiger partial charge < -0.3 is 4.74 Å². The number of hydrogen-bond acceptors (Lipinski definition) is 7. The number of tetrazole rings is 1. The van der Waals surface area contributed by atoms with Crippen LogP contribution in [0.15, 0.2) is 29.2 Å². The zero-order chi connectivity index (χ0) is 17.6. The van der Waals surface area contributed by atoms with Crippen LogP contribution in [0.3, 0.4) is 0 Å². The number of benzene rings is 1. The lowest BCUT2D eigenvalue weighted by molar-refractivity contribution is 0.0456. The molecule has 0 unspecified atom stereocenters. The number of nitrogens with one attached hydrogen (secondary N) is 1. The van der Waals surface area contributed by atoms with Crippen molar-refractivity contribution in [3.05, 3.63) is 35.7 Å². The number of sulfonamides is 1. The van der Waals surface area contributed by atoms with Crippen LogP contribution in [-0.4, -0.2) is 41.1 Å². The standard InChI is InChI=1S/C14H19N5O4S/c1-3-8-19-13(16-17-18-19)10-23-14(20)11-6-5-7-12(9-11)24(21,22)15-4-2/h5-7,9,15H,3-4,8,10H2,1-2H3. The van der Waals surface area contributed by atoms with E-state index in [0.29, 0.717) is 12.4 Å². The van der Waals surface area contributed by atoms with E-state index < -0.39 is 16.0 Å².